The Morgan fingerprint density at radius 1 is 1.32 bits per heavy atom. The third kappa shape index (κ3) is 3.23. The summed E-state index contributed by atoms with van der Waals surface area (Å²) in [6.07, 6.45) is 1.84. The topological polar surface area (TPSA) is 54.6 Å². The van der Waals surface area contributed by atoms with Gasteiger partial charge in [0.25, 0.3) is 0 Å². The minimum Gasteiger partial charge on any atom is -0.383 e. The van der Waals surface area contributed by atoms with Gasteiger partial charge < -0.3 is 15.4 Å². The van der Waals surface area contributed by atoms with Gasteiger partial charge in [0.15, 0.2) is 0 Å². The lowest BCUT2D eigenvalue weighted by atomic mass is 10.00. The Balaban J connectivity index is 1.95. The molecule has 0 radical (unpaired) electrons. The smallest absolute Gasteiger partial charge is 0.128 e. The van der Waals surface area contributed by atoms with E-state index in [0.717, 1.165) is 32.0 Å². The third-order valence-corrected chi connectivity index (χ3v) is 3.91. The Kier molecular flexibility index (Phi) is 4.74. The molecule has 0 aromatic carbocycles. The first-order valence-electron chi connectivity index (χ1n) is 6.79. The Morgan fingerprint density at radius 2 is 2.05 bits per heavy atom. The highest BCUT2D eigenvalue weighted by Crippen LogP contribution is 2.19. The Bertz CT molecular complexity index is 378. The molecule has 106 valence electrons. The van der Waals surface area contributed by atoms with E-state index < -0.39 is 0 Å². The zero-order chi connectivity index (χ0) is 13.7. The van der Waals surface area contributed by atoms with Gasteiger partial charge in [-0.15, -0.1) is 0 Å². The van der Waals surface area contributed by atoms with Crippen LogP contribution in [0.2, 0.25) is 0 Å². The molecule has 2 heterocycles. The maximum atomic E-state index is 5.92. The van der Waals surface area contributed by atoms with E-state index in [1.165, 1.54) is 0 Å². The molecule has 1 aliphatic rings. The summed E-state index contributed by atoms with van der Waals surface area (Å²) in [5.74, 6) is 1.06. The largest absolute Gasteiger partial charge is 0.383 e. The van der Waals surface area contributed by atoms with Gasteiger partial charge in [-0.2, -0.15) is 0 Å². The number of methoxy groups -OCH3 is 1. The van der Waals surface area contributed by atoms with Crippen LogP contribution in [0.5, 0.6) is 0 Å². The number of aromatic nitrogens is 1. The fourth-order valence-electron chi connectivity index (χ4n) is 2.61. The average molecular weight is 264 g/mol. The molecule has 0 spiro atoms. The van der Waals surface area contributed by atoms with Gasteiger partial charge >= 0.3 is 0 Å². The van der Waals surface area contributed by atoms with Gasteiger partial charge in [-0.25, -0.2) is 4.98 Å². The van der Waals surface area contributed by atoms with Crippen molar-refractivity contribution in [3.63, 3.8) is 0 Å². The minimum absolute atomic E-state index is 0.0645. The predicted octanol–water partition coefficient (Wildman–Crippen LogP) is 0.567. The number of rotatable bonds is 5. The lowest BCUT2D eigenvalue weighted by molar-refractivity contribution is 0.0235. The zero-order valence-corrected chi connectivity index (χ0v) is 11.9. The average Bonchev–Trinajstić information content (AvgIpc) is 2.48. The van der Waals surface area contributed by atoms with Crippen molar-refractivity contribution in [1.29, 1.82) is 0 Å². The molecule has 1 atom stereocenters. The van der Waals surface area contributed by atoms with E-state index in [9.17, 15) is 0 Å². The number of piperazine rings is 1. The molecule has 0 amide bonds. The summed E-state index contributed by atoms with van der Waals surface area (Å²) in [6, 6.07) is 6.04. The van der Waals surface area contributed by atoms with Gasteiger partial charge in [0.1, 0.15) is 5.82 Å². The summed E-state index contributed by atoms with van der Waals surface area (Å²) in [5, 5.41) is 0. The number of ether oxygens (including phenoxy) is 1. The fourth-order valence-corrected chi connectivity index (χ4v) is 2.61. The van der Waals surface area contributed by atoms with Gasteiger partial charge in [-0.1, -0.05) is 6.07 Å². The molecule has 1 aliphatic heterocycles. The lowest BCUT2D eigenvalue weighted by Gasteiger charge is -2.45. The molecule has 2 N–H and O–H groups in total. The molecule has 5 heteroatoms. The molecule has 0 aliphatic carbocycles. The summed E-state index contributed by atoms with van der Waals surface area (Å²) in [6.45, 7) is 7.42. The molecule has 1 saturated heterocycles. The molecule has 1 aromatic heterocycles. The van der Waals surface area contributed by atoms with Crippen LogP contribution in [0.4, 0.5) is 5.82 Å². The maximum Gasteiger partial charge on any atom is 0.128 e. The van der Waals surface area contributed by atoms with Crippen molar-refractivity contribution in [3.8, 4) is 0 Å². The van der Waals surface area contributed by atoms with E-state index in [1.54, 1.807) is 7.11 Å². The number of hydrogen-bond donors (Lipinski definition) is 1. The monoisotopic (exact) mass is 264 g/mol. The van der Waals surface area contributed by atoms with Gasteiger partial charge in [-0.3, -0.25) is 4.90 Å². The minimum atomic E-state index is -0.0645. The summed E-state index contributed by atoms with van der Waals surface area (Å²) >= 11 is 0. The van der Waals surface area contributed by atoms with Gasteiger partial charge in [0.2, 0.25) is 0 Å². The molecule has 5 nitrogen and oxygen atoms in total. The standard InChI is InChI=1S/C14H24N4O/c1-14(11-15,12-19-2)18-9-7-17(8-10-18)13-5-3-4-6-16-13/h3-6H,7-12,15H2,1-2H3. The van der Waals surface area contributed by atoms with Crippen molar-refractivity contribution in [2.75, 3.05) is 51.3 Å². The SMILES string of the molecule is COCC(C)(CN)N1CCN(c2ccccn2)CC1. The van der Waals surface area contributed by atoms with Gasteiger partial charge in [-0.05, 0) is 19.1 Å². The summed E-state index contributed by atoms with van der Waals surface area (Å²) in [4.78, 5) is 9.15. The first-order valence-corrected chi connectivity index (χ1v) is 6.79. The van der Waals surface area contributed by atoms with E-state index >= 15 is 0 Å². The van der Waals surface area contributed by atoms with Crippen LogP contribution in [-0.2, 0) is 4.74 Å². The van der Waals surface area contributed by atoms with Crippen LogP contribution in [-0.4, -0.2) is 61.9 Å². The zero-order valence-electron chi connectivity index (χ0n) is 11.9. The number of anilines is 1. The lowest BCUT2D eigenvalue weighted by Crippen LogP contribution is -2.60. The quantitative estimate of drug-likeness (QED) is 0.842. The number of pyridine rings is 1. The predicted molar refractivity (Wildman–Crippen MR) is 77.4 cm³/mol. The highest BCUT2D eigenvalue weighted by molar-refractivity contribution is 5.38. The van der Waals surface area contributed by atoms with Crippen LogP contribution in [0.15, 0.2) is 24.4 Å². The number of nitrogens with zero attached hydrogens (tertiary/aromatic N) is 3. The van der Waals surface area contributed by atoms with E-state index in [4.69, 9.17) is 10.5 Å². The van der Waals surface area contributed by atoms with E-state index in [1.807, 2.05) is 18.3 Å². The molecule has 1 aromatic rings. The van der Waals surface area contributed by atoms with Crippen molar-refractivity contribution >= 4 is 5.82 Å². The van der Waals surface area contributed by atoms with Crippen LogP contribution >= 0.6 is 0 Å². The highest BCUT2D eigenvalue weighted by Gasteiger charge is 2.33. The molecule has 0 bridgehead atoms. The van der Waals surface area contributed by atoms with E-state index in [2.05, 4.69) is 27.8 Å². The van der Waals surface area contributed by atoms with Crippen molar-refractivity contribution in [2.45, 2.75) is 12.5 Å². The molecule has 2 rings (SSSR count). The molecular formula is C14H24N4O. The highest BCUT2D eigenvalue weighted by atomic mass is 16.5. The Labute approximate surface area is 115 Å². The van der Waals surface area contributed by atoms with Crippen LogP contribution in [0.25, 0.3) is 0 Å². The summed E-state index contributed by atoms with van der Waals surface area (Å²) in [7, 11) is 1.73. The van der Waals surface area contributed by atoms with Crippen LogP contribution in [0, 0.1) is 0 Å². The second-order valence-corrected chi connectivity index (χ2v) is 5.30. The number of nitrogens with two attached hydrogens (primary N) is 1. The van der Waals surface area contributed by atoms with Crippen LogP contribution in [0.3, 0.4) is 0 Å². The van der Waals surface area contributed by atoms with Gasteiger partial charge in [0.05, 0.1) is 12.1 Å². The normalized spacial score (nSPS) is 20.3. The van der Waals surface area contributed by atoms with E-state index in [-0.39, 0.29) is 5.54 Å². The van der Waals surface area contributed by atoms with Crippen molar-refractivity contribution in [3.05, 3.63) is 24.4 Å². The number of hydrogen-bond acceptors (Lipinski definition) is 5. The third-order valence-electron chi connectivity index (χ3n) is 3.91. The fraction of sp³-hybridized carbons (Fsp3) is 0.643. The van der Waals surface area contributed by atoms with Crippen molar-refractivity contribution in [2.24, 2.45) is 5.73 Å². The van der Waals surface area contributed by atoms with E-state index in [0.29, 0.717) is 13.2 Å². The van der Waals surface area contributed by atoms with Crippen molar-refractivity contribution < 1.29 is 4.74 Å². The maximum absolute atomic E-state index is 5.92. The summed E-state index contributed by atoms with van der Waals surface area (Å²) in [5.41, 5.74) is 5.86. The second-order valence-electron chi connectivity index (χ2n) is 5.30. The van der Waals surface area contributed by atoms with Crippen LogP contribution in [0.1, 0.15) is 6.92 Å². The first-order chi connectivity index (χ1) is 9.19. The first kappa shape index (κ1) is 14.2. The Hall–Kier alpha value is -1.17. The molecule has 1 unspecified atom stereocenters. The second kappa shape index (κ2) is 6.32. The molecule has 0 saturated carbocycles. The van der Waals surface area contributed by atoms with Crippen molar-refractivity contribution in [1.82, 2.24) is 9.88 Å². The van der Waals surface area contributed by atoms with Gasteiger partial charge in [0, 0.05) is 46.0 Å². The summed E-state index contributed by atoms with van der Waals surface area (Å²) < 4.78 is 5.31. The van der Waals surface area contributed by atoms with Crippen LogP contribution < -0.4 is 10.6 Å². The molecular weight excluding hydrogens is 240 g/mol. The molecule has 19 heavy (non-hydrogen) atoms. The molecule has 1 fully saturated rings. The Morgan fingerprint density at radius 3 is 2.58 bits per heavy atom.